The van der Waals surface area contributed by atoms with Gasteiger partial charge >= 0.3 is 5.63 Å². The van der Waals surface area contributed by atoms with Gasteiger partial charge in [0.2, 0.25) is 5.91 Å². The van der Waals surface area contributed by atoms with Crippen LogP contribution in [-0.2, 0) is 119 Å². The number of hydrogen-bond donors (Lipinski definition) is 3. The highest BCUT2D eigenvalue weighted by Crippen LogP contribution is 2.39. The van der Waals surface area contributed by atoms with Gasteiger partial charge in [-0.2, -0.15) is 0 Å². The molecule has 7 aromatic rings. The number of carbonyl (C=O) groups excluding carboxylic acids is 2. The van der Waals surface area contributed by atoms with E-state index in [1.807, 2.05) is 43.3 Å². The number of hydrogen-bond acceptors (Lipinski definition) is 19. The number of rotatable bonds is 32. The standard InChI is InChI=1S/C20H31NO3S.C19H24O2.C18H29NO2S.C18H26O.C17H27N.C15H23N.4C3H8O2S/c1-15(2)25(23,24)14-19-8-6-17(7-9-19)4-5-18-10-12-20(13-11-18)21-16(3)22;1-13-3-5-15(6-4-13)7-8-16-9-10-17-14(2)11-19(20)21-18(17)12-16;1-14(2)22(20,21)13-17-10-7-15(8-11-17)6-9-16-4-3-5-18(19)12-16;1-14-6-8-16(9-7-14)10-11-17-4-3-5-18(13-17)12-15(2)19;1-14-7-9-15(10-8-14)11-12-16-5-4-6-17(13-16)18(2)3;1-12-2-4-13(5-3-12)6-7-14-8-10-15(16)11-9-14;4*1-3(2)6(4)5/h10-13,15,17,19H,4-9,14H2,1-3H3,(H,21,22);9-13,15H,3-8H2,1-2H3;3-5,12,14-15,17H,6-11,13,19H2,1-2H3;3-5,13-14,16H,6-12H2,1-2H3;4-6,13-15H,7-12H2,1-3H3;8-13H,2-7,16H2,1H3;4*3H,1-2H3,(H,4,5)/p-4. The molecule has 0 spiro atoms. The molecular weight excluding hydrogens is 1930 g/mol. The molecule has 4 unspecified atom stereocenters. The zero-order valence-electron chi connectivity index (χ0n) is 92.4. The number of sulfone groups is 2. The first-order chi connectivity index (χ1) is 68.3. The van der Waals surface area contributed by atoms with Gasteiger partial charge in [0.25, 0.3) is 0 Å². The van der Waals surface area contributed by atoms with Crippen molar-refractivity contribution in [1.82, 2.24) is 0 Å². The van der Waals surface area contributed by atoms with Crippen LogP contribution in [0.25, 0.3) is 11.0 Å². The summed E-state index contributed by atoms with van der Waals surface area (Å²) < 4.78 is 131. The smallest absolute Gasteiger partial charge is 0.336 e. The van der Waals surface area contributed by atoms with E-state index in [0.717, 1.165) is 151 Å². The maximum atomic E-state index is 12.1. The van der Waals surface area contributed by atoms with Crippen molar-refractivity contribution in [1.29, 1.82) is 0 Å². The van der Waals surface area contributed by atoms with E-state index in [1.54, 1.807) is 96.1 Å². The lowest BCUT2D eigenvalue weighted by Gasteiger charge is -2.28. The highest BCUT2D eigenvalue weighted by Gasteiger charge is 2.30. The monoisotopic (exact) mass is 2120 g/mol. The van der Waals surface area contributed by atoms with E-state index in [1.165, 1.54) is 218 Å². The van der Waals surface area contributed by atoms with E-state index in [2.05, 4.69) is 155 Å². The molecule has 6 saturated carbocycles. The van der Waals surface area contributed by atoms with E-state index in [9.17, 15) is 66.3 Å². The maximum Gasteiger partial charge on any atom is 0.336 e. The molecule has 4 atom stereocenters. The lowest BCUT2D eigenvalue weighted by molar-refractivity contribution is -0.116. The molecule has 20 nitrogen and oxygen atoms in total. The Labute approximate surface area is 888 Å². The summed E-state index contributed by atoms with van der Waals surface area (Å²) in [5.41, 5.74) is 26.2. The molecule has 26 heteroatoms. The van der Waals surface area contributed by atoms with Gasteiger partial charge in [0.15, 0.2) is 19.7 Å². The van der Waals surface area contributed by atoms with Crippen LogP contribution in [0.4, 0.5) is 22.7 Å². The number of carbonyl (C=O) groups is 2. The molecule has 6 fully saturated rings. The summed E-state index contributed by atoms with van der Waals surface area (Å²) in [5.74, 6) is 10.6. The number of nitrogens with zero attached hydrogens (tertiary/aromatic N) is 1. The van der Waals surface area contributed by atoms with Crippen LogP contribution in [0.2, 0.25) is 0 Å². The summed E-state index contributed by atoms with van der Waals surface area (Å²) in [5, 5.41) is 2.40. The molecule has 13 rings (SSSR count). The van der Waals surface area contributed by atoms with Crippen molar-refractivity contribution < 1.29 is 65.9 Å². The van der Waals surface area contributed by atoms with Gasteiger partial charge in [0.05, 0.1) is 22.0 Å². The summed E-state index contributed by atoms with van der Waals surface area (Å²) in [6.45, 7) is 34.8. The molecule has 0 radical (unpaired) electrons. The Kier molecular flexibility index (Phi) is 63.6. The van der Waals surface area contributed by atoms with Crippen LogP contribution in [0.15, 0.2) is 155 Å². The SMILES string of the molecule is CC(=O)Cc1cccc(CCC2CCC(C)CC2)c1.CC(=O)Nc1ccc(CCC2CCC(CS(=O)(=O)C(C)C)CC2)cc1.CC(C)S(=O)(=O)CC1CCC(CCc2cccc(N)c2)CC1.CC(C)S(=O)[O-].CC(C)S(=O)[O-].CC(C)S(=O)[O-].CC(C)S(=O)[O-].CC1CCC(CCc2ccc(N)cc2)CC1.CC1CCC(CCc2cccc(N(C)C)c2)CC1.Cc1cc(=O)oc2cc(CCC3CCC(C)CC3)ccc12. The summed E-state index contributed by atoms with van der Waals surface area (Å²) in [6.07, 6.45) is 46.6. The Hall–Kier alpha value is -6.59. The van der Waals surface area contributed by atoms with Gasteiger partial charge in [0, 0.05) is 82.6 Å². The van der Waals surface area contributed by atoms with Crippen molar-refractivity contribution in [3.05, 3.63) is 201 Å². The normalized spacial score (nSPS) is 21.8. The fourth-order valence-electron chi connectivity index (χ4n) is 19.2. The zero-order valence-corrected chi connectivity index (χ0v) is 97.3. The summed E-state index contributed by atoms with van der Waals surface area (Å²) in [4.78, 5) is 35.9. The molecule has 6 aromatic carbocycles. The molecule has 1 amide bonds. The molecule has 0 aliphatic heterocycles. The summed E-state index contributed by atoms with van der Waals surface area (Å²) in [7, 11) is -1.58. The number of fused-ring (bicyclic) bond motifs is 1. The van der Waals surface area contributed by atoms with Crippen molar-refractivity contribution in [2.75, 3.05) is 47.3 Å². The number of nitrogen functional groups attached to an aromatic ring is 2. The third-order valence-electron chi connectivity index (χ3n) is 29.5. The Bertz CT molecular complexity index is 5100. The number of Topliss-reactive ketones (excluding diaryl/α,β-unsaturated/α-hetero) is 1. The number of anilines is 4. The fraction of sp³-hybridized carbons (Fsp3) is 0.655. The van der Waals surface area contributed by atoms with Gasteiger partial charge in [0.1, 0.15) is 11.4 Å². The van der Waals surface area contributed by atoms with Gasteiger partial charge in [-0.15, -0.1) is 0 Å². The lowest BCUT2D eigenvalue weighted by atomic mass is 9.80. The first kappa shape index (κ1) is 131. The van der Waals surface area contributed by atoms with Crippen LogP contribution in [0, 0.1) is 77.9 Å². The van der Waals surface area contributed by atoms with Gasteiger partial charge in [-0.05, 0) is 314 Å². The van der Waals surface area contributed by atoms with E-state index >= 15 is 0 Å². The molecule has 6 aliphatic carbocycles. The second-order valence-electron chi connectivity index (χ2n) is 44.7. The average molecular weight is 2120 g/mol. The number of benzene rings is 6. The second-order valence-corrected chi connectivity index (χ2v) is 55.8. The third kappa shape index (κ3) is 58.0. The Balaban J connectivity index is 0.000000347. The molecule has 1 aromatic heterocycles. The van der Waals surface area contributed by atoms with Gasteiger partial charge in [-0.1, -0.05) is 341 Å². The zero-order chi connectivity index (χ0) is 108. The number of ketones is 1. The van der Waals surface area contributed by atoms with Crippen LogP contribution in [-0.4, -0.2) is 121 Å². The van der Waals surface area contributed by atoms with Crippen LogP contribution < -0.4 is 27.3 Å². The Morgan fingerprint density at radius 2 is 0.655 bits per heavy atom. The highest BCUT2D eigenvalue weighted by molar-refractivity contribution is 7.92. The number of aryl methyl sites for hydroxylation is 7. The molecule has 145 heavy (non-hydrogen) atoms. The van der Waals surface area contributed by atoms with E-state index in [4.69, 9.17) is 15.9 Å². The summed E-state index contributed by atoms with van der Waals surface area (Å²) in [6, 6.07) is 50.0. The molecule has 0 bridgehead atoms. The number of amides is 1. The van der Waals surface area contributed by atoms with Crippen LogP contribution in [0.1, 0.15) is 362 Å². The quantitative estimate of drug-likeness (QED) is 0.0200. The van der Waals surface area contributed by atoms with Crippen LogP contribution in [0.5, 0.6) is 0 Å². The summed E-state index contributed by atoms with van der Waals surface area (Å²) >= 11 is -7.47. The first-order valence-corrected chi connectivity index (χ1v) is 62.5. The van der Waals surface area contributed by atoms with Crippen molar-refractivity contribution in [2.24, 2.45) is 71.0 Å². The van der Waals surface area contributed by atoms with Crippen molar-refractivity contribution in [2.45, 2.75) is 401 Å². The van der Waals surface area contributed by atoms with Crippen LogP contribution in [0.3, 0.4) is 0 Å². The predicted molar refractivity (Wildman–Crippen MR) is 611 cm³/mol. The molecule has 0 saturated heterocycles. The topological polar surface area (TPSA) is 360 Å². The molecule has 820 valence electrons. The van der Waals surface area contributed by atoms with Crippen LogP contribution >= 0.6 is 0 Å². The van der Waals surface area contributed by atoms with Gasteiger partial charge < -0.3 is 44.3 Å². The first-order valence-electron chi connectivity index (χ1n) is 54.5. The van der Waals surface area contributed by atoms with E-state index < -0.39 is 64.0 Å². The minimum Gasteiger partial charge on any atom is -0.772 e. The molecule has 6 aliphatic rings. The fourth-order valence-corrected chi connectivity index (χ4v) is 22.0. The van der Waals surface area contributed by atoms with E-state index in [0.29, 0.717) is 35.7 Å². The van der Waals surface area contributed by atoms with E-state index in [-0.39, 0.29) is 48.8 Å². The van der Waals surface area contributed by atoms with Gasteiger partial charge in [-0.3, -0.25) is 26.4 Å². The Morgan fingerprint density at radius 3 is 0.972 bits per heavy atom. The maximum absolute atomic E-state index is 12.1. The average Bonchev–Trinajstić information content (AvgIpc) is 0.807. The molecule has 1 heterocycles. The molecule has 5 N–H and O–H groups in total. The Morgan fingerprint density at radius 1 is 0.372 bits per heavy atom. The second kappa shape index (κ2) is 70.5. The van der Waals surface area contributed by atoms with Crippen molar-refractivity contribution in [3.63, 3.8) is 0 Å². The minimum absolute atomic E-state index is 0.0519. The van der Waals surface area contributed by atoms with Gasteiger partial charge in [-0.25, -0.2) is 21.6 Å². The number of nitrogens with two attached hydrogens (primary N) is 2. The minimum atomic E-state index is -2.91. The highest BCUT2D eigenvalue weighted by atomic mass is 32.2. The third-order valence-corrected chi connectivity index (χ3v) is 37.4. The molecular formula is C119H188N4O16S6-4. The van der Waals surface area contributed by atoms with Crippen molar-refractivity contribution >= 4 is 109 Å². The number of nitrogens with one attached hydrogen (secondary N) is 1. The largest absolute Gasteiger partial charge is 0.772 e. The lowest BCUT2D eigenvalue weighted by Crippen LogP contribution is -2.26. The van der Waals surface area contributed by atoms with Crippen molar-refractivity contribution in [3.8, 4) is 0 Å². The predicted octanol–water partition coefficient (Wildman–Crippen LogP) is 27.1.